The fraction of sp³-hybridized carbons (Fsp3) is 0.312. The van der Waals surface area contributed by atoms with E-state index < -0.39 is 16.0 Å². The molecule has 0 amide bonds. The van der Waals surface area contributed by atoms with Crippen LogP contribution in [0.1, 0.15) is 20.8 Å². The Hall–Kier alpha value is -1.61. The molecule has 0 saturated carbocycles. The molecule has 0 aliphatic carbocycles. The number of benzene rings is 1. The molecule has 0 radical (unpaired) electrons. The lowest BCUT2D eigenvalue weighted by Crippen LogP contribution is -2.35. The first kappa shape index (κ1) is 18.2. The lowest BCUT2D eigenvalue weighted by Gasteiger charge is -2.27. The summed E-state index contributed by atoms with van der Waals surface area (Å²) in [6.07, 6.45) is 0.602. The van der Waals surface area contributed by atoms with Crippen LogP contribution in [0.2, 0.25) is 4.34 Å². The molecule has 2 heterocycles. The van der Waals surface area contributed by atoms with Gasteiger partial charge < -0.3 is 9.47 Å². The SMILES string of the molecule is COC(=O)c1ccc(OC)c(S(=O)(=O)N2CCc3sc(Cl)cc3C2)c1. The third-order valence-electron chi connectivity index (χ3n) is 4.00. The van der Waals surface area contributed by atoms with Crippen LogP contribution >= 0.6 is 22.9 Å². The number of nitrogens with zero attached hydrogens (tertiary/aromatic N) is 1. The average molecular weight is 402 g/mol. The fourth-order valence-electron chi connectivity index (χ4n) is 2.74. The Bertz CT molecular complexity index is 923. The Balaban J connectivity index is 2.01. The minimum absolute atomic E-state index is 0.0531. The Morgan fingerprint density at radius 3 is 2.72 bits per heavy atom. The highest BCUT2D eigenvalue weighted by Gasteiger charge is 2.32. The van der Waals surface area contributed by atoms with Gasteiger partial charge in [-0.3, -0.25) is 0 Å². The van der Waals surface area contributed by atoms with Gasteiger partial charge in [-0.15, -0.1) is 11.3 Å². The lowest BCUT2D eigenvalue weighted by atomic mass is 10.1. The quantitative estimate of drug-likeness (QED) is 0.736. The maximum absolute atomic E-state index is 13.1. The van der Waals surface area contributed by atoms with E-state index in [4.69, 9.17) is 16.3 Å². The minimum Gasteiger partial charge on any atom is -0.495 e. The molecule has 134 valence electrons. The summed E-state index contributed by atoms with van der Waals surface area (Å²) < 4.78 is 38.1. The summed E-state index contributed by atoms with van der Waals surface area (Å²) in [7, 11) is -1.21. The molecule has 1 aliphatic heterocycles. The Labute approximate surface area is 155 Å². The summed E-state index contributed by atoms with van der Waals surface area (Å²) in [4.78, 5) is 12.8. The Morgan fingerprint density at radius 1 is 1.28 bits per heavy atom. The second-order valence-corrected chi connectivity index (χ2v) is 9.12. The summed E-state index contributed by atoms with van der Waals surface area (Å²) in [6.45, 7) is 0.588. The normalized spacial score (nSPS) is 14.8. The highest BCUT2D eigenvalue weighted by Crippen LogP contribution is 2.35. The van der Waals surface area contributed by atoms with Crippen LogP contribution in [0.15, 0.2) is 29.2 Å². The zero-order valence-electron chi connectivity index (χ0n) is 13.6. The summed E-state index contributed by atoms with van der Waals surface area (Å²) in [6, 6.07) is 6.01. The van der Waals surface area contributed by atoms with Gasteiger partial charge in [-0.1, -0.05) is 11.6 Å². The van der Waals surface area contributed by atoms with Gasteiger partial charge in [0, 0.05) is 18.0 Å². The van der Waals surface area contributed by atoms with Gasteiger partial charge in [0.05, 0.1) is 24.1 Å². The third-order valence-corrected chi connectivity index (χ3v) is 7.24. The molecule has 3 rings (SSSR count). The van der Waals surface area contributed by atoms with E-state index in [9.17, 15) is 13.2 Å². The van der Waals surface area contributed by atoms with Crippen LogP contribution in [-0.4, -0.2) is 39.5 Å². The minimum atomic E-state index is -3.84. The van der Waals surface area contributed by atoms with Crippen LogP contribution in [-0.2, 0) is 27.7 Å². The number of carbonyl (C=O) groups excluding carboxylic acids is 1. The molecule has 9 heteroatoms. The first-order valence-electron chi connectivity index (χ1n) is 7.40. The highest BCUT2D eigenvalue weighted by atomic mass is 35.5. The molecule has 1 aromatic carbocycles. The monoisotopic (exact) mass is 401 g/mol. The number of thiophene rings is 1. The largest absolute Gasteiger partial charge is 0.495 e. The standard InChI is InChI=1S/C16H16ClNO5S2/c1-22-12-4-3-10(16(19)23-2)7-14(12)25(20,21)18-6-5-13-11(9-18)8-15(17)24-13/h3-4,7-8H,5-6,9H2,1-2H3. The molecule has 0 spiro atoms. The molecule has 0 fully saturated rings. The Kier molecular flexibility index (Phi) is 5.06. The van der Waals surface area contributed by atoms with Crippen molar-refractivity contribution < 1.29 is 22.7 Å². The van der Waals surface area contributed by atoms with Crippen molar-refractivity contribution in [1.29, 1.82) is 0 Å². The summed E-state index contributed by atoms with van der Waals surface area (Å²) in [5, 5.41) is 0. The number of ether oxygens (including phenoxy) is 2. The predicted molar refractivity (Wildman–Crippen MR) is 95.0 cm³/mol. The van der Waals surface area contributed by atoms with E-state index in [1.807, 2.05) is 0 Å². The van der Waals surface area contributed by atoms with Crippen LogP contribution < -0.4 is 4.74 Å². The van der Waals surface area contributed by atoms with Crippen LogP contribution in [0.3, 0.4) is 0 Å². The molecule has 0 bridgehead atoms. The number of fused-ring (bicyclic) bond motifs is 1. The number of rotatable bonds is 4. The van der Waals surface area contributed by atoms with Crippen LogP contribution in [0.5, 0.6) is 5.75 Å². The number of methoxy groups -OCH3 is 2. The molecule has 6 nitrogen and oxygen atoms in total. The first-order valence-corrected chi connectivity index (χ1v) is 10.0. The van der Waals surface area contributed by atoms with E-state index in [1.54, 1.807) is 6.07 Å². The van der Waals surface area contributed by atoms with E-state index >= 15 is 0 Å². The van der Waals surface area contributed by atoms with Gasteiger partial charge in [-0.05, 0) is 36.2 Å². The number of hydrogen-bond acceptors (Lipinski definition) is 6. The van der Waals surface area contributed by atoms with Crippen LogP contribution in [0.25, 0.3) is 0 Å². The molecular formula is C16H16ClNO5S2. The van der Waals surface area contributed by atoms with Gasteiger partial charge in [-0.25, -0.2) is 13.2 Å². The molecule has 0 unspecified atom stereocenters. The van der Waals surface area contributed by atoms with E-state index in [-0.39, 0.29) is 22.8 Å². The van der Waals surface area contributed by atoms with Gasteiger partial charge in [0.1, 0.15) is 10.6 Å². The second-order valence-electron chi connectivity index (χ2n) is 5.44. The third kappa shape index (κ3) is 3.39. The van der Waals surface area contributed by atoms with Crippen molar-refractivity contribution in [3.8, 4) is 5.75 Å². The molecule has 0 atom stereocenters. The number of carbonyl (C=O) groups is 1. The topological polar surface area (TPSA) is 72.9 Å². The number of hydrogen-bond donors (Lipinski definition) is 0. The number of sulfonamides is 1. The van der Waals surface area contributed by atoms with Crippen molar-refractivity contribution in [2.24, 2.45) is 0 Å². The molecular weight excluding hydrogens is 386 g/mol. The van der Waals surface area contributed by atoms with Crippen molar-refractivity contribution in [2.45, 2.75) is 17.9 Å². The van der Waals surface area contributed by atoms with Crippen molar-refractivity contribution in [2.75, 3.05) is 20.8 Å². The summed E-state index contributed by atoms with van der Waals surface area (Å²) in [5.74, 6) is -0.425. The van der Waals surface area contributed by atoms with Crippen LogP contribution in [0.4, 0.5) is 0 Å². The summed E-state index contributed by atoms with van der Waals surface area (Å²) >= 11 is 7.50. The van der Waals surface area contributed by atoms with Crippen molar-refractivity contribution in [3.05, 3.63) is 44.6 Å². The molecule has 1 aromatic heterocycles. The van der Waals surface area contributed by atoms with E-state index in [0.29, 0.717) is 17.3 Å². The maximum Gasteiger partial charge on any atom is 0.337 e. The second kappa shape index (κ2) is 6.95. The number of esters is 1. The van der Waals surface area contributed by atoms with Crippen LogP contribution in [0, 0.1) is 0 Å². The zero-order chi connectivity index (χ0) is 18.2. The zero-order valence-corrected chi connectivity index (χ0v) is 16.0. The molecule has 25 heavy (non-hydrogen) atoms. The first-order chi connectivity index (χ1) is 11.9. The highest BCUT2D eigenvalue weighted by molar-refractivity contribution is 7.89. The summed E-state index contributed by atoms with van der Waals surface area (Å²) in [5.41, 5.74) is 1.06. The van der Waals surface area contributed by atoms with Crippen molar-refractivity contribution >= 4 is 38.9 Å². The molecule has 0 N–H and O–H groups in total. The van der Waals surface area contributed by atoms with Crippen molar-refractivity contribution in [1.82, 2.24) is 4.31 Å². The predicted octanol–water partition coefficient (Wildman–Crippen LogP) is 2.94. The Morgan fingerprint density at radius 2 is 2.04 bits per heavy atom. The van der Waals surface area contributed by atoms with E-state index in [0.717, 1.165) is 10.4 Å². The van der Waals surface area contributed by atoms with Crippen molar-refractivity contribution in [3.63, 3.8) is 0 Å². The molecule has 1 aliphatic rings. The van der Waals surface area contributed by atoms with Gasteiger partial charge >= 0.3 is 5.97 Å². The van der Waals surface area contributed by atoms with Gasteiger partial charge in [0.15, 0.2) is 0 Å². The molecule has 2 aromatic rings. The van der Waals surface area contributed by atoms with Gasteiger partial charge in [0.25, 0.3) is 0 Å². The molecule has 0 saturated heterocycles. The lowest BCUT2D eigenvalue weighted by molar-refractivity contribution is 0.0600. The van der Waals surface area contributed by atoms with E-state index in [1.165, 1.54) is 48.1 Å². The smallest absolute Gasteiger partial charge is 0.337 e. The average Bonchev–Trinajstić information content (AvgIpc) is 2.99. The fourth-order valence-corrected chi connectivity index (χ4v) is 5.63. The maximum atomic E-state index is 13.1. The number of halogens is 1. The van der Waals surface area contributed by atoms with E-state index in [2.05, 4.69) is 4.74 Å². The van der Waals surface area contributed by atoms with Gasteiger partial charge in [0.2, 0.25) is 10.0 Å². The van der Waals surface area contributed by atoms with Gasteiger partial charge in [-0.2, -0.15) is 4.31 Å².